The van der Waals surface area contributed by atoms with E-state index >= 15 is 0 Å². The molecule has 3 N–H and O–H groups in total. The number of methoxy groups -OCH3 is 2. The summed E-state index contributed by atoms with van der Waals surface area (Å²) in [5, 5.41) is 15.0. The first-order valence-corrected chi connectivity index (χ1v) is 11.2. The van der Waals surface area contributed by atoms with Crippen LogP contribution in [0.1, 0.15) is 6.92 Å². The molecular weight excluding hydrogens is 426 g/mol. The number of aromatic nitrogens is 1. The van der Waals surface area contributed by atoms with E-state index in [1.54, 1.807) is 20.4 Å². The summed E-state index contributed by atoms with van der Waals surface area (Å²) in [5.41, 5.74) is 1.80. The van der Waals surface area contributed by atoms with Crippen LogP contribution in [0.25, 0.3) is 10.9 Å². The van der Waals surface area contributed by atoms with E-state index in [0.29, 0.717) is 31.1 Å². The Morgan fingerprint density at radius 3 is 2.55 bits per heavy atom. The maximum atomic E-state index is 11.5. The van der Waals surface area contributed by atoms with Crippen LogP contribution in [0.5, 0.6) is 11.5 Å². The quantitative estimate of drug-likeness (QED) is 0.627. The van der Waals surface area contributed by atoms with Crippen molar-refractivity contribution in [3.8, 4) is 11.5 Å². The zero-order valence-corrected chi connectivity index (χ0v) is 18.5. The van der Waals surface area contributed by atoms with E-state index in [2.05, 4.69) is 9.88 Å². The van der Waals surface area contributed by atoms with Gasteiger partial charge in [-0.2, -0.15) is 12.7 Å². The van der Waals surface area contributed by atoms with Gasteiger partial charge >= 0.3 is 16.3 Å². The lowest BCUT2D eigenvalue weighted by Gasteiger charge is -2.41. The van der Waals surface area contributed by atoms with Gasteiger partial charge in [-0.1, -0.05) is 0 Å². The molecule has 1 aromatic heterocycles. The molecule has 0 bridgehead atoms. The summed E-state index contributed by atoms with van der Waals surface area (Å²) in [6.07, 6.45) is 0.165. The van der Waals surface area contributed by atoms with E-state index in [1.165, 1.54) is 0 Å². The minimum atomic E-state index is -4.31. The van der Waals surface area contributed by atoms with Crippen LogP contribution in [0.15, 0.2) is 24.4 Å². The highest BCUT2D eigenvalue weighted by molar-refractivity contribution is 7.87. The normalized spacial score (nSPS) is 17.5. The average Bonchev–Trinajstić information content (AvgIpc) is 2.72. The van der Waals surface area contributed by atoms with Crippen molar-refractivity contribution in [3.05, 3.63) is 24.4 Å². The van der Waals surface area contributed by atoms with Gasteiger partial charge in [0.2, 0.25) is 0 Å². The van der Waals surface area contributed by atoms with Crippen molar-refractivity contribution in [3.63, 3.8) is 0 Å². The fourth-order valence-electron chi connectivity index (χ4n) is 3.83. The van der Waals surface area contributed by atoms with Crippen molar-refractivity contribution in [1.29, 1.82) is 0 Å². The van der Waals surface area contributed by atoms with Crippen LogP contribution in [0.3, 0.4) is 0 Å². The Bertz CT molecular complexity index is 1060. The number of benzene rings is 1. The summed E-state index contributed by atoms with van der Waals surface area (Å²) in [4.78, 5) is 19.9. The number of pyridine rings is 1. The summed E-state index contributed by atoms with van der Waals surface area (Å²) >= 11 is 0. The van der Waals surface area contributed by atoms with Crippen molar-refractivity contribution >= 4 is 32.9 Å². The molecule has 0 saturated carbocycles. The lowest BCUT2D eigenvalue weighted by molar-refractivity contribution is 0.152. The van der Waals surface area contributed by atoms with Crippen molar-refractivity contribution in [2.45, 2.75) is 13.0 Å². The monoisotopic (exact) mass is 453 g/mol. The van der Waals surface area contributed by atoms with Gasteiger partial charge in [-0.05, 0) is 19.1 Å². The number of rotatable bonds is 7. The molecule has 1 fully saturated rings. The molecule has 3 rings (SSSR count). The average molecular weight is 454 g/mol. The zero-order valence-electron chi connectivity index (χ0n) is 17.7. The van der Waals surface area contributed by atoms with Crippen LogP contribution in [0.2, 0.25) is 0 Å². The van der Waals surface area contributed by atoms with Gasteiger partial charge in [0.1, 0.15) is 0 Å². The van der Waals surface area contributed by atoms with Crippen LogP contribution in [-0.2, 0) is 10.2 Å². The fourth-order valence-corrected chi connectivity index (χ4v) is 4.38. The van der Waals surface area contributed by atoms with Crippen LogP contribution < -0.4 is 19.5 Å². The molecule has 31 heavy (non-hydrogen) atoms. The predicted molar refractivity (Wildman–Crippen MR) is 116 cm³/mol. The van der Waals surface area contributed by atoms with Gasteiger partial charge < -0.3 is 19.5 Å². The predicted octanol–water partition coefficient (Wildman–Crippen LogP) is 0.946. The molecule has 1 aliphatic heterocycles. The number of hydrogen-bond donors (Lipinski definition) is 2. The summed E-state index contributed by atoms with van der Waals surface area (Å²) < 4.78 is 34.0. The van der Waals surface area contributed by atoms with E-state index in [9.17, 15) is 13.2 Å². The molecule has 2 aromatic rings. The summed E-state index contributed by atoms with van der Waals surface area (Å²) in [7, 11) is -1.14. The Morgan fingerprint density at radius 1 is 1.29 bits per heavy atom. The number of ether oxygens (including phenoxy) is 2. The largest absolute Gasteiger partial charge is 0.493 e. The molecular formula is C19H27N5O6S. The molecule has 1 saturated heterocycles. The van der Waals surface area contributed by atoms with Crippen molar-refractivity contribution in [1.82, 2.24) is 14.2 Å². The number of carbonyl (C=O) groups is 1. The number of nitrogens with two attached hydrogens (primary N) is 1. The molecule has 0 spiro atoms. The zero-order chi connectivity index (χ0) is 22.8. The van der Waals surface area contributed by atoms with Crippen molar-refractivity contribution < 1.29 is 27.8 Å². The number of nitrogens with zero attached hydrogens (tertiary/aromatic N) is 4. The molecule has 1 unspecified atom stereocenters. The number of hydrogen-bond acceptors (Lipinski definition) is 8. The van der Waals surface area contributed by atoms with Crippen LogP contribution in [0.4, 0.5) is 10.5 Å². The van der Waals surface area contributed by atoms with Gasteiger partial charge in [-0.3, -0.25) is 9.88 Å². The highest BCUT2D eigenvalue weighted by Crippen LogP contribution is 2.36. The van der Waals surface area contributed by atoms with E-state index in [1.807, 2.05) is 30.0 Å². The minimum Gasteiger partial charge on any atom is -0.493 e. The first-order valence-electron chi connectivity index (χ1n) is 9.68. The number of anilines is 1. The van der Waals surface area contributed by atoms with Crippen LogP contribution in [0, 0.1) is 0 Å². The van der Waals surface area contributed by atoms with E-state index < -0.39 is 16.3 Å². The number of amides is 1. The molecule has 12 heteroatoms. The third-order valence-electron chi connectivity index (χ3n) is 5.44. The molecule has 170 valence electrons. The summed E-state index contributed by atoms with van der Waals surface area (Å²) in [6.45, 7) is 4.06. The van der Waals surface area contributed by atoms with Gasteiger partial charge in [0.15, 0.2) is 11.5 Å². The van der Waals surface area contributed by atoms with Gasteiger partial charge in [-0.15, -0.1) is 0 Å². The van der Waals surface area contributed by atoms with Crippen molar-refractivity contribution in [2.75, 3.05) is 51.8 Å². The summed E-state index contributed by atoms with van der Waals surface area (Å²) in [6, 6.07) is 5.76. The Kier molecular flexibility index (Phi) is 6.72. The van der Waals surface area contributed by atoms with Crippen LogP contribution in [-0.4, -0.2) is 86.8 Å². The fraction of sp³-hybridized carbons (Fsp3) is 0.474. The Hall–Kier alpha value is -2.83. The maximum absolute atomic E-state index is 11.5. The third kappa shape index (κ3) is 4.92. The Balaban J connectivity index is 1.76. The second-order valence-corrected chi connectivity index (χ2v) is 8.76. The third-order valence-corrected chi connectivity index (χ3v) is 6.39. The molecule has 0 radical (unpaired) electrons. The van der Waals surface area contributed by atoms with Crippen LogP contribution >= 0.6 is 0 Å². The van der Waals surface area contributed by atoms with Crippen molar-refractivity contribution in [2.24, 2.45) is 5.14 Å². The standard InChI is InChI=1S/C19H27N5O6S/c1-13-12-23(7-6-22(13)8-9-24(19(25)26)31(20,27)28)16-4-5-21-15-11-18(30-3)17(29-2)10-14(15)16/h4-5,10-11,13H,6-9,12H2,1-3H3,(H,25,26)(H2,20,27,28). The first-order chi connectivity index (χ1) is 14.7. The molecule has 1 atom stereocenters. The Labute approximate surface area is 181 Å². The molecule has 0 aliphatic carbocycles. The molecule has 1 amide bonds. The topological polar surface area (TPSA) is 139 Å². The highest BCUT2D eigenvalue weighted by Gasteiger charge is 2.28. The first kappa shape index (κ1) is 22.8. The molecule has 2 heterocycles. The van der Waals surface area contributed by atoms with Gasteiger partial charge in [0.25, 0.3) is 0 Å². The lowest BCUT2D eigenvalue weighted by Crippen LogP contribution is -2.54. The molecule has 1 aromatic carbocycles. The molecule has 1 aliphatic rings. The van der Waals surface area contributed by atoms with Gasteiger partial charge in [-0.25, -0.2) is 9.93 Å². The van der Waals surface area contributed by atoms with Gasteiger partial charge in [0, 0.05) is 55.6 Å². The lowest BCUT2D eigenvalue weighted by atomic mass is 10.1. The second kappa shape index (κ2) is 9.12. The van der Waals surface area contributed by atoms with E-state index in [0.717, 1.165) is 16.6 Å². The second-order valence-electron chi connectivity index (χ2n) is 7.29. The maximum Gasteiger partial charge on any atom is 0.422 e. The number of carboxylic acid groups (broad SMARTS) is 1. The highest BCUT2D eigenvalue weighted by atomic mass is 32.2. The van der Waals surface area contributed by atoms with Gasteiger partial charge in [0.05, 0.1) is 26.3 Å². The SMILES string of the molecule is COc1cc2nccc(N3CCN(CCN(C(=O)O)S(N)(=O)=O)C(C)C3)c2cc1OC. The minimum absolute atomic E-state index is 0.0632. The summed E-state index contributed by atoms with van der Waals surface area (Å²) in [5.74, 6) is 1.23. The number of fused-ring (bicyclic) bond motifs is 1. The van der Waals surface area contributed by atoms with E-state index in [-0.39, 0.29) is 23.4 Å². The van der Waals surface area contributed by atoms with E-state index in [4.69, 9.17) is 19.7 Å². The smallest absolute Gasteiger partial charge is 0.422 e. The molecule has 11 nitrogen and oxygen atoms in total. The Morgan fingerprint density at radius 2 is 1.97 bits per heavy atom. The number of piperazine rings is 1.